The molecule has 0 aromatic rings. The van der Waals surface area contributed by atoms with Gasteiger partial charge >= 0.3 is 6.30 Å². The summed E-state index contributed by atoms with van der Waals surface area (Å²) in [6, 6.07) is 0. The van der Waals surface area contributed by atoms with Crippen LogP contribution in [0, 0.1) is 0 Å². The van der Waals surface area contributed by atoms with Gasteiger partial charge in [-0.15, -0.1) is 11.6 Å². The molecule has 0 heterocycles. The second-order valence-corrected chi connectivity index (χ2v) is 2.99. The summed E-state index contributed by atoms with van der Waals surface area (Å²) in [6.07, 6.45) is -4.68. The maximum absolute atomic E-state index is 11.4. The molecule has 11 heavy (non-hydrogen) atoms. The number of alkyl halides is 4. The van der Waals surface area contributed by atoms with Crippen LogP contribution < -0.4 is 5.32 Å². The maximum Gasteiger partial charge on any atom is 0.458 e. The lowest BCUT2D eigenvalue weighted by atomic mass is 10.7. The van der Waals surface area contributed by atoms with Crippen molar-refractivity contribution in [2.24, 2.45) is 0 Å². The first-order valence-electron chi connectivity index (χ1n) is 2.37. The quantitative estimate of drug-likeness (QED) is 0.414. The molecule has 0 aliphatic heterocycles. The van der Waals surface area contributed by atoms with E-state index in [2.05, 4.69) is 0 Å². The minimum atomic E-state index is -4.68. The van der Waals surface area contributed by atoms with Crippen LogP contribution in [0.5, 0.6) is 0 Å². The van der Waals surface area contributed by atoms with E-state index in [1.165, 1.54) is 0 Å². The molecule has 2 atom stereocenters. The standard InChI is InChI=1S/C3H5ClF3NO2S/c4-1-2(11(9)10)8-3(5,6)7/h2,8H,1H2,(H,9,10). The van der Waals surface area contributed by atoms with Gasteiger partial charge in [0.05, 0.1) is 5.88 Å². The van der Waals surface area contributed by atoms with Crippen LogP contribution in [0.1, 0.15) is 0 Å². The molecule has 0 bridgehead atoms. The van der Waals surface area contributed by atoms with E-state index in [-0.39, 0.29) is 0 Å². The Labute approximate surface area is 68.2 Å². The molecule has 0 aromatic carbocycles. The average Bonchev–Trinajstić information content (AvgIpc) is 1.80. The van der Waals surface area contributed by atoms with Crippen LogP contribution in [0.15, 0.2) is 0 Å². The van der Waals surface area contributed by atoms with Crippen LogP contribution in [0.3, 0.4) is 0 Å². The zero-order valence-electron chi connectivity index (χ0n) is 5.06. The molecule has 0 fully saturated rings. The van der Waals surface area contributed by atoms with Crippen molar-refractivity contribution in [3.63, 3.8) is 0 Å². The Morgan fingerprint density at radius 2 is 2.09 bits per heavy atom. The molecule has 0 aliphatic carbocycles. The van der Waals surface area contributed by atoms with Gasteiger partial charge in [0.1, 0.15) is 5.37 Å². The second-order valence-electron chi connectivity index (χ2n) is 1.56. The van der Waals surface area contributed by atoms with Crippen molar-refractivity contribution in [2.45, 2.75) is 11.7 Å². The Morgan fingerprint density at radius 3 is 2.18 bits per heavy atom. The third-order valence-electron chi connectivity index (χ3n) is 0.708. The van der Waals surface area contributed by atoms with Gasteiger partial charge in [0.25, 0.3) is 0 Å². The van der Waals surface area contributed by atoms with Crippen LogP contribution in [0.25, 0.3) is 0 Å². The summed E-state index contributed by atoms with van der Waals surface area (Å²) < 4.78 is 52.6. The lowest BCUT2D eigenvalue weighted by Gasteiger charge is -2.13. The first kappa shape index (κ1) is 11.2. The molecule has 0 saturated heterocycles. The average molecular weight is 212 g/mol. The topological polar surface area (TPSA) is 49.3 Å². The summed E-state index contributed by atoms with van der Waals surface area (Å²) in [4.78, 5) is 0. The highest BCUT2D eigenvalue weighted by atomic mass is 35.5. The maximum atomic E-state index is 11.4. The highest BCUT2D eigenvalue weighted by Gasteiger charge is 2.32. The molecule has 0 spiro atoms. The SMILES string of the molecule is O=S(O)C(CCl)NC(F)(F)F. The number of hydrogen-bond donors (Lipinski definition) is 2. The predicted molar refractivity (Wildman–Crippen MR) is 34.5 cm³/mol. The van der Waals surface area contributed by atoms with E-state index >= 15 is 0 Å². The fourth-order valence-electron chi connectivity index (χ4n) is 0.325. The van der Waals surface area contributed by atoms with Gasteiger partial charge in [0.2, 0.25) is 0 Å². The van der Waals surface area contributed by atoms with E-state index in [1.54, 1.807) is 0 Å². The zero-order chi connectivity index (χ0) is 9.07. The number of hydrogen-bond acceptors (Lipinski definition) is 2. The molecule has 3 nitrogen and oxygen atoms in total. The van der Waals surface area contributed by atoms with Crippen LogP contribution >= 0.6 is 11.6 Å². The van der Waals surface area contributed by atoms with Crippen LogP contribution in [0.2, 0.25) is 0 Å². The lowest BCUT2D eigenvalue weighted by Crippen LogP contribution is -2.44. The van der Waals surface area contributed by atoms with Crippen molar-refractivity contribution in [1.82, 2.24) is 5.32 Å². The Kier molecular flexibility index (Phi) is 4.30. The lowest BCUT2D eigenvalue weighted by molar-refractivity contribution is -0.158. The number of nitrogens with one attached hydrogen (secondary N) is 1. The molecule has 0 radical (unpaired) electrons. The highest BCUT2D eigenvalue weighted by Crippen LogP contribution is 2.12. The molecule has 0 aromatic heterocycles. The van der Waals surface area contributed by atoms with Gasteiger partial charge in [-0.05, 0) is 0 Å². The van der Waals surface area contributed by atoms with Crippen molar-refractivity contribution >= 4 is 22.7 Å². The molecule has 68 valence electrons. The summed E-state index contributed by atoms with van der Waals surface area (Å²) in [5.74, 6) is -0.581. The van der Waals surface area contributed by atoms with E-state index in [9.17, 15) is 17.4 Å². The largest absolute Gasteiger partial charge is 0.458 e. The van der Waals surface area contributed by atoms with Gasteiger partial charge in [-0.2, -0.15) is 13.2 Å². The minimum absolute atomic E-state index is 0.581. The Hall–Kier alpha value is 0.150. The second kappa shape index (κ2) is 4.24. The summed E-state index contributed by atoms with van der Waals surface area (Å²) in [6.45, 7) is 0. The van der Waals surface area contributed by atoms with Crippen molar-refractivity contribution in [3.05, 3.63) is 0 Å². The molecular formula is C3H5ClF3NO2S. The molecule has 0 aliphatic rings. The van der Waals surface area contributed by atoms with Crippen molar-refractivity contribution in [3.8, 4) is 0 Å². The normalized spacial score (nSPS) is 17.9. The fourth-order valence-corrected chi connectivity index (χ4v) is 1.07. The molecule has 0 saturated carbocycles. The molecule has 8 heteroatoms. The van der Waals surface area contributed by atoms with Crippen LogP contribution in [0.4, 0.5) is 13.2 Å². The molecule has 2 N–H and O–H groups in total. The summed E-state index contributed by atoms with van der Waals surface area (Å²) in [7, 11) is 0. The summed E-state index contributed by atoms with van der Waals surface area (Å²) in [5.41, 5.74) is 0. The van der Waals surface area contributed by atoms with Crippen molar-refractivity contribution < 1.29 is 21.9 Å². The van der Waals surface area contributed by atoms with Crippen LogP contribution in [-0.2, 0) is 11.1 Å². The molecule has 2 unspecified atom stereocenters. The van der Waals surface area contributed by atoms with Gasteiger partial charge in [0, 0.05) is 0 Å². The first-order valence-corrected chi connectivity index (χ1v) is 4.07. The minimum Gasteiger partial charge on any atom is -0.305 e. The van der Waals surface area contributed by atoms with Gasteiger partial charge < -0.3 is 4.55 Å². The van der Waals surface area contributed by atoms with Crippen molar-refractivity contribution in [2.75, 3.05) is 5.88 Å². The Balaban J connectivity index is 3.99. The number of rotatable bonds is 3. The monoisotopic (exact) mass is 211 g/mol. The van der Waals surface area contributed by atoms with E-state index in [1.807, 2.05) is 0 Å². The van der Waals surface area contributed by atoms with Gasteiger partial charge in [-0.3, -0.25) is 0 Å². The Bertz CT molecular complexity index is 152. The van der Waals surface area contributed by atoms with Crippen LogP contribution in [-0.4, -0.2) is 26.3 Å². The van der Waals surface area contributed by atoms with Gasteiger partial charge in [-0.25, -0.2) is 9.53 Å². The van der Waals surface area contributed by atoms with E-state index in [0.717, 1.165) is 5.32 Å². The third kappa shape index (κ3) is 5.42. The van der Waals surface area contributed by atoms with E-state index < -0.39 is 28.6 Å². The Morgan fingerprint density at radius 1 is 1.64 bits per heavy atom. The number of halogens is 4. The van der Waals surface area contributed by atoms with E-state index in [4.69, 9.17) is 16.2 Å². The smallest absolute Gasteiger partial charge is 0.305 e. The van der Waals surface area contributed by atoms with E-state index in [0.29, 0.717) is 0 Å². The molecular weight excluding hydrogens is 207 g/mol. The molecule has 0 amide bonds. The molecule has 0 rings (SSSR count). The fraction of sp³-hybridized carbons (Fsp3) is 1.00. The predicted octanol–water partition coefficient (Wildman–Crippen LogP) is 0.882. The van der Waals surface area contributed by atoms with Crippen molar-refractivity contribution in [1.29, 1.82) is 0 Å². The van der Waals surface area contributed by atoms with Gasteiger partial charge in [0.15, 0.2) is 11.1 Å². The first-order chi connectivity index (χ1) is 4.87. The summed E-state index contributed by atoms with van der Waals surface area (Å²) >= 11 is 2.34. The zero-order valence-corrected chi connectivity index (χ0v) is 6.63. The summed E-state index contributed by atoms with van der Waals surface area (Å²) in [5, 5.41) is -0.747. The van der Waals surface area contributed by atoms with Gasteiger partial charge in [-0.1, -0.05) is 0 Å². The highest BCUT2D eigenvalue weighted by molar-refractivity contribution is 7.79. The third-order valence-corrected chi connectivity index (χ3v) is 1.97.